The fourth-order valence-electron chi connectivity index (χ4n) is 3.99. The zero-order valence-corrected chi connectivity index (χ0v) is 19.1. The molecule has 174 valence electrons. The lowest BCUT2D eigenvalue weighted by molar-refractivity contribution is -0.137. The maximum atomic E-state index is 12.7. The van der Waals surface area contributed by atoms with E-state index in [9.17, 15) is 21.6 Å². The predicted molar refractivity (Wildman–Crippen MR) is 124 cm³/mol. The molecule has 1 N–H and O–H groups in total. The Morgan fingerprint density at radius 2 is 1.58 bits per heavy atom. The van der Waals surface area contributed by atoms with Gasteiger partial charge < -0.3 is 4.90 Å². The number of benzene rings is 3. The second-order valence-electron chi connectivity index (χ2n) is 7.83. The van der Waals surface area contributed by atoms with E-state index in [-0.39, 0.29) is 11.4 Å². The number of rotatable bonds is 6. The van der Waals surface area contributed by atoms with Crippen LogP contribution in [0.15, 0.2) is 71.6 Å². The average Bonchev–Trinajstić information content (AvgIpc) is 2.93. The Hall–Kier alpha value is -2.55. The highest BCUT2D eigenvalue weighted by Gasteiger charge is 2.30. The number of alkyl halides is 3. The molecule has 0 fully saturated rings. The molecule has 3 aromatic carbocycles. The van der Waals surface area contributed by atoms with Crippen LogP contribution in [-0.4, -0.2) is 21.5 Å². The minimum atomic E-state index is -4.51. The number of anilines is 2. The van der Waals surface area contributed by atoms with Crippen LogP contribution in [0.5, 0.6) is 0 Å². The van der Waals surface area contributed by atoms with Crippen molar-refractivity contribution in [2.75, 3.05) is 18.0 Å². The summed E-state index contributed by atoms with van der Waals surface area (Å²) in [5, 5.41) is 0.670. The predicted octanol–water partition coefficient (Wildman–Crippen LogP) is 5.96. The summed E-state index contributed by atoms with van der Waals surface area (Å²) in [7, 11) is -3.91. The second kappa shape index (κ2) is 9.37. The van der Waals surface area contributed by atoms with E-state index >= 15 is 0 Å². The van der Waals surface area contributed by atoms with Gasteiger partial charge in [0.2, 0.25) is 10.0 Å². The highest BCUT2D eigenvalue weighted by molar-refractivity contribution is 7.89. The number of para-hydroxylation sites is 1. The molecule has 4 nitrogen and oxygen atoms in total. The van der Waals surface area contributed by atoms with Crippen LogP contribution in [0.2, 0.25) is 5.02 Å². The van der Waals surface area contributed by atoms with Crippen molar-refractivity contribution >= 4 is 33.0 Å². The summed E-state index contributed by atoms with van der Waals surface area (Å²) in [4.78, 5) is 1.97. The molecule has 0 spiro atoms. The van der Waals surface area contributed by atoms with Crippen LogP contribution in [0.3, 0.4) is 0 Å². The molecule has 0 unspecified atom stereocenters. The molecular formula is C24H22ClF3N2O2S. The van der Waals surface area contributed by atoms with Crippen molar-refractivity contribution in [3.63, 3.8) is 0 Å². The van der Waals surface area contributed by atoms with Crippen LogP contribution < -0.4 is 9.62 Å². The molecule has 33 heavy (non-hydrogen) atoms. The number of hydrogen-bond acceptors (Lipinski definition) is 3. The Morgan fingerprint density at radius 3 is 2.30 bits per heavy atom. The largest absolute Gasteiger partial charge is 0.416 e. The van der Waals surface area contributed by atoms with Gasteiger partial charge in [0.05, 0.1) is 10.5 Å². The van der Waals surface area contributed by atoms with Crippen molar-refractivity contribution in [2.45, 2.75) is 30.3 Å². The molecule has 0 saturated heterocycles. The number of fused-ring (bicyclic) bond motifs is 2. The topological polar surface area (TPSA) is 49.4 Å². The van der Waals surface area contributed by atoms with Gasteiger partial charge in [-0.2, -0.15) is 13.2 Å². The first-order valence-corrected chi connectivity index (χ1v) is 12.3. The molecule has 4 rings (SSSR count). The Kier molecular flexibility index (Phi) is 6.70. The maximum absolute atomic E-state index is 12.7. The quantitative estimate of drug-likeness (QED) is 0.430. The van der Waals surface area contributed by atoms with Gasteiger partial charge in [-0.25, -0.2) is 13.1 Å². The van der Waals surface area contributed by atoms with E-state index in [1.54, 1.807) is 0 Å². The monoisotopic (exact) mass is 494 g/mol. The third-order valence-electron chi connectivity index (χ3n) is 5.62. The van der Waals surface area contributed by atoms with Gasteiger partial charge in [0.25, 0.3) is 0 Å². The van der Waals surface area contributed by atoms with E-state index in [0.717, 1.165) is 54.0 Å². The van der Waals surface area contributed by atoms with Crippen molar-refractivity contribution in [3.8, 4) is 0 Å². The smallest absolute Gasteiger partial charge is 0.341 e. The van der Waals surface area contributed by atoms with Crippen molar-refractivity contribution < 1.29 is 21.6 Å². The van der Waals surface area contributed by atoms with E-state index < -0.39 is 21.8 Å². The van der Waals surface area contributed by atoms with Gasteiger partial charge in [-0.05, 0) is 78.9 Å². The van der Waals surface area contributed by atoms with E-state index in [1.807, 2.05) is 36.4 Å². The molecule has 0 aliphatic carbocycles. The number of aryl methyl sites for hydroxylation is 2. The zero-order valence-electron chi connectivity index (χ0n) is 17.6. The first-order valence-electron chi connectivity index (χ1n) is 10.5. The van der Waals surface area contributed by atoms with Crippen molar-refractivity contribution in [1.82, 2.24) is 4.72 Å². The lowest BCUT2D eigenvalue weighted by Gasteiger charge is -2.27. The molecule has 1 heterocycles. The van der Waals surface area contributed by atoms with Gasteiger partial charge in [-0.3, -0.25) is 0 Å². The van der Waals surface area contributed by atoms with Crippen LogP contribution in [0.1, 0.15) is 23.1 Å². The highest BCUT2D eigenvalue weighted by Crippen LogP contribution is 2.37. The normalized spacial score (nSPS) is 13.9. The van der Waals surface area contributed by atoms with Crippen LogP contribution in [0.25, 0.3) is 0 Å². The summed E-state index contributed by atoms with van der Waals surface area (Å²) < 4.78 is 65.7. The SMILES string of the molecule is O=S(=O)(NCCCN1c2ccccc2CCc2cc(Cl)ccc21)c1ccc(C(F)(F)F)cc1. The van der Waals surface area contributed by atoms with Gasteiger partial charge in [-0.1, -0.05) is 29.8 Å². The Balaban J connectivity index is 1.46. The molecule has 0 radical (unpaired) electrons. The molecule has 1 aliphatic rings. The molecular weight excluding hydrogens is 473 g/mol. The summed E-state index contributed by atoms with van der Waals surface area (Å²) in [6.07, 6.45) is -2.29. The van der Waals surface area contributed by atoms with E-state index in [0.29, 0.717) is 18.0 Å². The first-order chi connectivity index (χ1) is 15.6. The van der Waals surface area contributed by atoms with Crippen LogP contribution in [-0.2, 0) is 29.0 Å². The third kappa shape index (κ3) is 5.34. The number of nitrogens with one attached hydrogen (secondary N) is 1. The summed E-state index contributed by atoms with van der Waals surface area (Å²) in [5.41, 5.74) is 3.55. The second-order valence-corrected chi connectivity index (χ2v) is 10.0. The standard InChI is InChI=1S/C24H22ClF3N2O2S/c25-20-10-13-23-18(16-20)7-6-17-4-1-2-5-22(17)30(23)15-3-14-29-33(31,32)21-11-8-19(9-12-21)24(26,27)28/h1-2,4-5,8-13,16,29H,3,6-7,14-15H2. The van der Waals surface area contributed by atoms with Crippen molar-refractivity contribution in [3.05, 3.63) is 88.4 Å². The van der Waals surface area contributed by atoms with Gasteiger partial charge in [0, 0.05) is 29.5 Å². The Morgan fingerprint density at radius 1 is 0.909 bits per heavy atom. The number of sulfonamides is 1. The Labute approximate surface area is 196 Å². The fraction of sp³-hybridized carbons (Fsp3) is 0.250. The van der Waals surface area contributed by atoms with E-state index in [1.165, 1.54) is 5.56 Å². The lowest BCUT2D eigenvalue weighted by Crippen LogP contribution is -2.28. The van der Waals surface area contributed by atoms with E-state index in [4.69, 9.17) is 11.6 Å². The number of hydrogen-bond donors (Lipinski definition) is 1. The first kappa shape index (κ1) is 23.6. The lowest BCUT2D eigenvalue weighted by atomic mass is 10.0. The zero-order chi connectivity index (χ0) is 23.6. The summed E-state index contributed by atoms with van der Waals surface area (Å²) in [5.74, 6) is 0. The van der Waals surface area contributed by atoms with Gasteiger partial charge in [0.1, 0.15) is 0 Å². The minimum Gasteiger partial charge on any atom is -0.341 e. The number of halogens is 4. The molecule has 0 aromatic heterocycles. The van der Waals surface area contributed by atoms with Crippen LogP contribution in [0.4, 0.5) is 24.5 Å². The van der Waals surface area contributed by atoms with Crippen LogP contribution >= 0.6 is 11.6 Å². The van der Waals surface area contributed by atoms with Gasteiger partial charge >= 0.3 is 6.18 Å². The summed E-state index contributed by atoms with van der Waals surface area (Å²) in [6, 6.07) is 17.4. The van der Waals surface area contributed by atoms with Gasteiger partial charge in [0.15, 0.2) is 0 Å². The summed E-state index contributed by atoms with van der Waals surface area (Å²) in [6.45, 7) is 0.701. The Bertz CT molecular complexity index is 1250. The van der Waals surface area contributed by atoms with Gasteiger partial charge in [-0.15, -0.1) is 0 Å². The van der Waals surface area contributed by atoms with E-state index in [2.05, 4.69) is 15.7 Å². The fourth-order valence-corrected chi connectivity index (χ4v) is 5.26. The molecule has 9 heteroatoms. The maximum Gasteiger partial charge on any atom is 0.416 e. The minimum absolute atomic E-state index is 0.144. The molecule has 0 bridgehead atoms. The molecule has 0 atom stereocenters. The average molecular weight is 495 g/mol. The van der Waals surface area contributed by atoms with Crippen LogP contribution in [0, 0.1) is 0 Å². The summed E-state index contributed by atoms with van der Waals surface area (Å²) >= 11 is 6.20. The third-order valence-corrected chi connectivity index (χ3v) is 7.33. The molecule has 0 saturated carbocycles. The highest BCUT2D eigenvalue weighted by atomic mass is 35.5. The molecule has 1 aliphatic heterocycles. The van der Waals surface area contributed by atoms with Crippen molar-refractivity contribution in [1.29, 1.82) is 0 Å². The molecule has 3 aromatic rings. The van der Waals surface area contributed by atoms with Crippen molar-refractivity contribution in [2.24, 2.45) is 0 Å². The number of nitrogens with zero attached hydrogens (tertiary/aromatic N) is 1. The molecule has 0 amide bonds.